The number of rotatable bonds is 7. The van der Waals surface area contributed by atoms with Gasteiger partial charge in [-0.3, -0.25) is 9.59 Å². The van der Waals surface area contributed by atoms with E-state index in [1.54, 1.807) is 12.1 Å². The van der Waals surface area contributed by atoms with E-state index in [-0.39, 0.29) is 11.8 Å². The number of Topliss-reactive ketones (excluding diaryl/α,β-unsaturated/α-hetero) is 1. The van der Waals surface area contributed by atoms with Crippen molar-refractivity contribution in [1.82, 2.24) is 0 Å². The Morgan fingerprint density at radius 2 is 1.74 bits per heavy atom. The number of fused-ring (bicyclic) bond motifs is 2. The van der Waals surface area contributed by atoms with E-state index in [0.717, 1.165) is 22.0 Å². The van der Waals surface area contributed by atoms with E-state index in [1.807, 2.05) is 60.4 Å². The lowest BCUT2D eigenvalue weighted by molar-refractivity contribution is -0.139. The maximum Gasteiger partial charge on any atom is 0.341 e. The van der Waals surface area contributed by atoms with Gasteiger partial charge < -0.3 is 20.5 Å². The standard InChI is InChI=1S/C24H22N2O5/c1-14-21(23(29)24(25)30)22-18(10-5-11-19(22)31-13-20(27)28)26(14)12-16-8-4-7-15-6-2-3-9-17(15)16/h2-11,14,21H,12-13H2,1H3,(H2,25,30)(H,27,28). The Morgan fingerprint density at radius 3 is 2.48 bits per heavy atom. The van der Waals surface area contributed by atoms with Gasteiger partial charge in [-0.05, 0) is 35.4 Å². The van der Waals surface area contributed by atoms with E-state index >= 15 is 0 Å². The van der Waals surface area contributed by atoms with Gasteiger partial charge >= 0.3 is 5.97 Å². The predicted octanol–water partition coefficient (Wildman–Crippen LogP) is 2.85. The first kappa shape index (κ1) is 20.4. The molecule has 0 aromatic heterocycles. The molecule has 3 aromatic carbocycles. The smallest absolute Gasteiger partial charge is 0.341 e. The van der Waals surface area contributed by atoms with Gasteiger partial charge in [0.1, 0.15) is 5.75 Å². The molecule has 0 radical (unpaired) electrons. The van der Waals surface area contributed by atoms with Crippen molar-refractivity contribution in [3.05, 3.63) is 71.8 Å². The summed E-state index contributed by atoms with van der Waals surface area (Å²) in [6, 6.07) is 18.9. The molecule has 1 amide bonds. The Bertz CT molecular complexity index is 1180. The second-order valence-corrected chi connectivity index (χ2v) is 7.58. The van der Waals surface area contributed by atoms with Gasteiger partial charge in [0.2, 0.25) is 5.78 Å². The number of nitrogens with zero attached hydrogens (tertiary/aromatic N) is 1. The number of ether oxygens (including phenoxy) is 1. The Labute approximate surface area is 179 Å². The van der Waals surface area contributed by atoms with Gasteiger partial charge in [-0.25, -0.2) is 4.79 Å². The van der Waals surface area contributed by atoms with Crippen molar-refractivity contribution in [3.63, 3.8) is 0 Å². The summed E-state index contributed by atoms with van der Waals surface area (Å²) in [5, 5.41) is 11.2. The second kappa shape index (κ2) is 8.10. The van der Waals surface area contributed by atoms with Crippen LogP contribution >= 0.6 is 0 Å². The molecule has 1 aliphatic heterocycles. The summed E-state index contributed by atoms with van der Waals surface area (Å²) in [5.41, 5.74) is 7.63. The van der Waals surface area contributed by atoms with Crippen LogP contribution < -0.4 is 15.4 Å². The fourth-order valence-corrected chi connectivity index (χ4v) is 4.35. The minimum Gasteiger partial charge on any atom is -0.482 e. The molecule has 0 saturated carbocycles. The zero-order valence-corrected chi connectivity index (χ0v) is 16.9. The van der Waals surface area contributed by atoms with E-state index in [0.29, 0.717) is 12.1 Å². The third kappa shape index (κ3) is 3.70. The molecule has 7 nitrogen and oxygen atoms in total. The Balaban J connectivity index is 1.80. The van der Waals surface area contributed by atoms with Gasteiger partial charge in [0.15, 0.2) is 6.61 Å². The van der Waals surface area contributed by atoms with E-state index in [4.69, 9.17) is 15.6 Å². The fraction of sp³-hybridized carbons (Fsp3) is 0.208. The fourth-order valence-electron chi connectivity index (χ4n) is 4.35. The summed E-state index contributed by atoms with van der Waals surface area (Å²) in [7, 11) is 0. The monoisotopic (exact) mass is 418 g/mol. The summed E-state index contributed by atoms with van der Waals surface area (Å²) in [6.45, 7) is 1.81. The highest BCUT2D eigenvalue weighted by atomic mass is 16.5. The first-order valence-corrected chi connectivity index (χ1v) is 9.93. The van der Waals surface area contributed by atoms with Crippen molar-refractivity contribution in [2.75, 3.05) is 11.5 Å². The van der Waals surface area contributed by atoms with Crippen LogP contribution in [-0.4, -0.2) is 35.4 Å². The molecule has 1 heterocycles. The molecule has 0 aliphatic carbocycles. The largest absolute Gasteiger partial charge is 0.482 e. The Morgan fingerprint density at radius 1 is 1.03 bits per heavy atom. The number of ketones is 1. The Kier molecular flexibility index (Phi) is 5.33. The van der Waals surface area contributed by atoms with Crippen LogP contribution in [0.2, 0.25) is 0 Å². The average Bonchev–Trinajstić information content (AvgIpc) is 3.03. The van der Waals surface area contributed by atoms with Crippen LogP contribution in [0, 0.1) is 0 Å². The molecule has 31 heavy (non-hydrogen) atoms. The van der Waals surface area contributed by atoms with Crippen LogP contribution in [0.15, 0.2) is 60.7 Å². The molecule has 0 bridgehead atoms. The highest BCUT2D eigenvalue weighted by molar-refractivity contribution is 6.38. The molecule has 2 unspecified atom stereocenters. The number of hydrogen-bond donors (Lipinski definition) is 2. The summed E-state index contributed by atoms with van der Waals surface area (Å²) < 4.78 is 5.46. The van der Waals surface area contributed by atoms with Crippen molar-refractivity contribution in [2.45, 2.75) is 25.4 Å². The number of carbonyl (C=O) groups is 3. The molecule has 3 N–H and O–H groups in total. The van der Waals surface area contributed by atoms with E-state index in [2.05, 4.69) is 0 Å². The van der Waals surface area contributed by atoms with Crippen molar-refractivity contribution < 1.29 is 24.2 Å². The Hall–Kier alpha value is -3.87. The van der Waals surface area contributed by atoms with Crippen LogP contribution in [0.1, 0.15) is 24.0 Å². The highest BCUT2D eigenvalue weighted by Gasteiger charge is 2.43. The van der Waals surface area contributed by atoms with Crippen LogP contribution in [0.5, 0.6) is 5.75 Å². The zero-order valence-electron chi connectivity index (χ0n) is 16.9. The zero-order chi connectivity index (χ0) is 22.1. The molecular weight excluding hydrogens is 396 g/mol. The second-order valence-electron chi connectivity index (χ2n) is 7.58. The van der Waals surface area contributed by atoms with E-state index < -0.39 is 30.2 Å². The molecule has 7 heteroatoms. The van der Waals surface area contributed by atoms with Crippen LogP contribution in [0.3, 0.4) is 0 Å². The number of carbonyl (C=O) groups excluding carboxylic acids is 2. The average molecular weight is 418 g/mol. The van der Waals surface area contributed by atoms with Crippen LogP contribution in [0.4, 0.5) is 5.69 Å². The lowest BCUT2D eigenvalue weighted by Crippen LogP contribution is -2.38. The maximum atomic E-state index is 12.7. The van der Waals surface area contributed by atoms with Gasteiger partial charge in [-0.1, -0.05) is 48.5 Å². The first-order chi connectivity index (χ1) is 14.9. The lowest BCUT2D eigenvalue weighted by Gasteiger charge is -2.27. The minimum absolute atomic E-state index is 0.270. The van der Waals surface area contributed by atoms with Gasteiger partial charge in [-0.2, -0.15) is 0 Å². The summed E-state index contributed by atoms with van der Waals surface area (Å²) in [4.78, 5) is 37.6. The van der Waals surface area contributed by atoms with Crippen LogP contribution in [-0.2, 0) is 20.9 Å². The molecule has 4 rings (SSSR count). The quantitative estimate of drug-likeness (QED) is 0.571. The summed E-state index contributed by atoms with van der Waals surface area (Å²) in [6.07, 6.45) is 0. The molecule has 158 valence electrons. The topological polar surface area (TPSA) is 110 Å². The number of primary amides is 1. The van der Waals surface area contributed by atoms with Crippen molar-refractivity contribution in [1.29, 1.82) is 0 Å². The van der Waals surface area contributed by atoms with Gasteiger partial charge in [0.25, 0.3) is 5.91 Å². The predicted molar refractivity (Wildman–Crippen MR) is 116 cm³/mol. The van der Waals surface area contributed by atoms with Gasteiger partial charge in [-0.15, -0.1) is 0 Å². The SMILES string of the molecule is CC1C(C(=O)C(N)=O)c2c(OCC(=O)O)cccc2N1Cc1cccc2ccccc12. The number of hydrogen-bond acceptors (Lipinski definition) is 5. The minimum atomic E-state index is -1.13. The molecule has 0 saturated heterocycles. The van der Waals surface area contributed by atoms with Crippen molar-refractivity contribution >= 4 is 34.1 Å². The van der Waals surface area contributed by atoms with E-state index in [1.165, 1.54) is 0 Å². The molecule has 2 atom stereocenters. The number of nitrogens with two attached hydrogens (primary N) is 1. The number of anilines is 1. The third-order valence-corrected chi connectivity index (χ3v) is 5.73. The summed E-state index contributed by atoms with van der Waals surface area (Å²) >= 11 is 0. The highest BCUT2D eigenvalue weighted by Crippen LogP contribution is 2.47. The number of amides is 1. The molecule has 0 fully saturated rings. The molecular formula is C24H22N2O5. The number of benzene rings is 3. The molecule has 0 spiro atoms. The number of carboxylic acids is 1. The van der Waals surface area contributed by atoms with Gasteiger partial charge in [0, 0.05) is 23.8 Å². The first-order valence-electron chi connectivity index (χ1n) is 9.93. The normalized spacial score (nSPS) is 17.4. The lowest BCUT2D eigenvalue weighted by atomic mass is 9.90. The third-order valence-electron chi connectivity index (χ3n) is 5.73. The van der Waals surface area contributed by atoms with Crippen molar-refractivity contribution in [3.8, 4) is 5.75 Å². The summed E-state index contributed by atoms with van der Waals surface area (Å²) in [5.74, 6) is -3.45. The van der Waals surface area contributed by atoms with Crippen LogP contribution in [0.25, 0.3) is 10.8 Å². The van der Waals surface area contributed by atoms with Gasteiger partial charge in [0.05, 0.1) is 5.92 Å². The van der Waals surface area contributed by atoms with E-state index in [9.17, 15) is 14.4 Å². The molecule has 3 aromatic rings. The maximum absolute atomic E-state index is 12.7. The number of aliphatic carboxylic acids is 1. The number of carboxylic acid groups (broad SMARTS) is 1. The molecule has 1 aliphatic rings. The van der Waals surface area contributed by atoms with Crippen molar-refractivity contribution in [2.24, 2.45) is 5.73 Å².